The van der Waals surface area contributed by atoms with E-state index < -0.39 is 0 Å². The first-order valence-electron chi connectivity index (χ1n) is 5.39. The third kappa shape index (κ3) is 2.94. The third-order valence-electron chi connectivity index (χ3n) is 2.54. The molecule has 0 atom stereocenters. The summed E-state index contributed by atoms with van der Waals surface area (Å²) >= 11 is 0. The maximum absolute atomic E-state index is 5.56. The van der Waals surface area contributed by atoms with Crippen molar-refractivity contribution >= 4 is 5.69 Å². The van der Waals surface area contributed by atoms with E-state index in [1.165, 1.54) is 0 Å². The maximum atomic E-state index is 5.56. The Kier molecular flexibility index (Phi) is 4.90. The van der Waals surface area contributed by atoms with E-state index in [2.05, 4.69) is 0 Å². The van der Waals surface area contributed by atoms with Crippen LogP contribution in [0.15, 0.2) is 12.1 Å². The third-order valence-corrected chi connectivity index (χ3v) is 2.54. The lowest BCUT2D eigenvalue weighted by Gasteiger charge is -2.24. The molecule has 0 radical (unpaired) electrons. The Labute approximate surface area is 102 Å². The van der Waals surface area contributed by atoms with Crippen molar-refractivity contribution in [1.29, 1.82) is 0 Å². The standard InChI is InChI=1S/C12H20N2O3/c1-14(6-5-13)12-10(16-3)7-9(15-2)8-11(12)17-4/h7-8H,5-6,13H2,1-4H3. The van der Waals surface area contributed by atoms with Crippen LogP contribution in [0.4, 0.5) is 5.69 Å². The fourth-order valence-electron chi connectivity index (χ4n) is 1.67. The summed E-state index contributed by atoms with van der Waals surface area (Å²) in [6, 6.07) is 3.65. The Bertz CT molecular complexity index is 344. The lowest BCUT2D eigenvalue weighted by molar-refractivity contribution is 0.376. The number of nitrogens with two attached hydrogens (primary N) is 1. The van der Waals surface area contributed by atoms with Crippen LogP contribution in [-0.4, -0.2) is 41.5 Å². The molecule has 0 saturated heterocycles. The summed E-state index contributed by atoms with van der Waals surface area (Å²) in [5, 5.41) is 0. The second-order valence-corrected chi connectivity index (χ2v) is 3.59. The van der Waals surface area contributed by atoms with Crippen LogP contribution in [0, 0.1) is 0 Å². The highest BCUT2D eigenvalue weighted by atomic mass is 16.5. The normalized spacial score (nSPS) is 9.94. The van der Waals surface area contributed by atoms with Gasteiger partial charge in [0.1, 0.15) is 22.9 Å². The van der Waals surface area contributed by atoms with Crippen LogP contribution in [0.1, 0.15) is 0 Å². The summed E-state index contributed by atoms with van der Waals surface area (Å²) in [6.45, 7) is 1.29. The van der Waals surface area contributed by atoms with Gasteiger partial charge in [-0.15, -0.1) is 0 Å². The summed E-state index contributed by atoms with van der Waals surface area (Å²) in [5.41, 5.74) is 6.43. The van der Waals surface area contributed by atoms with Crippen molar-refractivity contribution in [3.63, 3.8) is 0 Å². The number of methoxy groups -OCH3 is 3. The number of benzene rings is 1. The molecule has 5 nitrogen and oxygen atoms in total. The van der Waals surface area contributed by atoms with E-state index in [9.17, 15) is 0 Å². The van der Waals surface area contributed by atoms with Gasteiger partial charge in [0.2, 0.25) is 0 Å². The molecule has 0 aliphatic carbocycles. The first-order valence-corrected chi connectivity index (χ1v) is 5.39. The lowest BCUT2D eigenvalue weighted by atomic mass is 10.2. The fraction of sp³-hybridized carbons (Fsp3) is 0.500. The largest absolute Gasteiger partial charge is 0.496 e. The summed E-state index contributed by atoms with van der Waals surface area (Å²) in [6.07, 6.45) is 0. The summed E-state index contributed by atoms with van der Waals surface area (Å²) in [5.74, 6) is 2.11. The van der Waals surface area contributed by atoms with Crippen molar-refractivity contribution in [2.24, 2.45) is 5.73 Å². The van der Waals surface area contributed by atoms with Gasteiger partial charge < -0.3 is 24.8 Å². The van der Waals surface area contributed by atoms with Crippen molar-refractivity contribution in [3.05, 3.63) is 12.1 Å². The van der Waals surface area contributed by atoms with Gasteiger partial charge in [0, 0.05) is 32.3 Å². The van der Waals surface area contributed by atoms with Crippen molar-refractivity contribution < 1.29 is 14.2 Å². The zero-order chi connectivity index (χ0) is 12.8. The molecule has 0 spiro atoms. The van der Waals surface area contributed by atoms with Gasteiger partial charge in [-0.1, -0.05) is 0 Å². The highest BCUT2D eigenvalue weighted by Crippen LogP contribution is 2.40. The van der Waals surface area contributed by atoms with Crippen LogP contribution in [-0.2, 0) is 0 Å². The van der Waals surface area contributed by atoms with E-state index in [1.54, 1.807) is 21.3 Å². The predicted octanol–water partition coefficient (Wildman–Crippen LogP) is 1.11. The van der Waals surface area contributed by atoms with Crippen LogP contribution >= 0.6 is 0 Å². The molecule has 0 aliphatic rings. The highest BCUT2D eigenvalue weighted by Gasteiger charge is 2.16. The molecule has 0 amide bonds. The lowest BCUT2D eigenvalue weighted by Crippen LogP contribution is -2.25. The molecule has 2 N–H and O–H groups in total. The minimum absolute atomic E-state index is 0.564. The summed E-state index contributed by atoms with van der Waals surface area (Å²) in [4.78, 5) is 2.00. The second kappa shape index (κ2) is 6.20. The SMILES string of the molecule is COc1cc(OC)c(N(C)CCN)c(OC)c1. The molecule has 0 aromatic heterocycles. The molecule has 0 heterocycles. The molecule has 1 rings (SSSR count). The zero-order valence-electron chi connectivity index (χ0n) is 10.8. The molecule has 1 aromatic carbocycles. The molecule has 0 unspecified atom stereocenters. The van der Waals surface area contributed by atoms with Gasteiger partial charge in [-0.3, -0.25) is 0 Å². The Morgan fingerprint density at radius 1 is 1.06 bits per heavy atom. The van der Waals surface area contributed by atoms with E-state index in [-0.39, 0.29) is 0 Å². The molecular weight excluding hydrogens is 220 g/mol. The molecule has 0 fully saturated rings. The van der Waals surface area contributed by atoms with E-state index in [1.807, 2.05) is 24.1 Å². The van der Waals surface area contributed by atoms with E-state index in [0.29, 0.717) is 23.8 Å². The van der Waals surface area contributed by atoms with Crippen molar-refractivity contribution in [2.75, 3.05) is 46.4 Å². The molecule has 0 aliphatic heterocycles. The topological polar surface area (TPSA) is 57.0 Å². The average molecular weight is 240 g/mol. The molecule has 5 heteroatoms. The van der Waals surface area contributed by atoms with Crippen LogP contribution in [0.2, 0.25) is 0 Å². The number of nitrogens with zero attached hydrogens (tertiary/aromatic N) is 1. The van der Waals surface area contributed by atoms with E-state index >= 15 is 0 Å². The van der Waals surface area contributed by atoms with Crippen molar-refractivity contribution in [1.82, 2.24) is 0 Å². The van der Waals surface area contributed by atoms with Gasteiger partial charge in [0.25, 0.3) is 0 Å². The monoisotopic (exact) mass is 240 g/mol. The molecule has 0 saturated carbocycles. The van der Waals surface area contributed by atoms with Crippen molar-refractivity contribution in [2.45, 2.75) is 0 Å². The number of anilines is 1. The molecule has 96 valence electrons. The molecule has 17 heavy (non-hydrogen) atoms. The van der Waals surface area contributed by atoms with Gasteiger partial charge in [-0.05, 0) is 0 Å². The van der Waals surface area contributed by atoms with Crippen LogP contribution in [0.3, 0.4) is 0 Å². The quantitative estimate of drug-likeness (QED) is 0.807. The summed E-state index contributed by atoms with van der Waals surface area (Å²) in [7, 11) is 6.79. The maximum Gasteiger partial charge on any atom is 0.149 e. The highest BCUT2D eigenvalue weighted by molar-refractivity contribution is 5.70. The van der Waals surface area contributed by atoms with Gasteiger partial charge in [-0.2, -0.15) is 0 Å². The zero-order valence-corrected chi connectivity index (χ0v) is 10.8. The predicted molar refractivity (Wildman–Crippen MR) is 68.4 cm³/mol. The Hall–Kier alpha value is -1.62. The number of ether oxygens (including phenoxy) is 3. The van der Waals surface area contributed by atoms with Crippen LogP contribution in [0.25, 0.3) is 0 Å². The minimum atomic E-state index is 0.564. The van der Waals surface area contributed by atoms with Crippen LogP contribution < -0.4 is 24.8 Å². The van der Waals surface area contributed by atoms with Crippen LogP contribution in [0.5, 0.6) is 17.2 Å². The van der Waals surface area contributed by atoms with Crippen molar-refractivity contribution in [3.8, 4) is 17.2 Å². The van der Waals surface area contributed by atoms with Gasteiger partial charge in [-0.25, -0.2) is 0 Å². The Morgan fingerprint density at radius 2 is 1.59 bits per heavy atom. The van der Waals surface area contributed by atoms with E-state index in [0.717, 1.165) is 12.2 Å². The van der Waals surface area contributed by atoms with Gasteiger partial charge in [0.05, 0.1) is 21.3 Å². The molecular formula is C12H20N2O3. The van der Waals surface area contributed by atoms with Gasteiger partial charge in [0.15, 0.2) is 0 Å². The first kappa shape index (κ1) is 13.4. The average Bonchev–Trinajstić information content (AvgIpc) is 2.37. The fourth-order valence-corrected chi connectivity index (χ4v) is 1.67. The smallest absolute Gasteiger partial charge is 0.149 e. The number of likely N-dealkylation sites (N-methyl/N-ethyl adjacent to an activating group) is 1. The number of hydrogen-bond donors (Lipinski definition) is 1. The summed E-state index contributed by atoms with van der Waals surface area (Å²) < 4.78 is 15.9. The second-order valence-electron chi connectivity index (χ2n) is 3.59. The Morgan fingerprint density at radius 3 is 1.94 bits per heavy atom. The number of hydrogen-bond acceptors (Lipinski definition) is 5. The Balaban J connectivity index is 3.23. The first-order chi connectivity index (χ1) is 8.17. The minimum Gasteiger partial charge on any atom is -0.496 e. The van der Waals surface area contributed by atoms with Gasteiger partial charge >= 0.3 is 0 Å². The molecule has 1 aromatic rings. The van der Waals surface area contributed by atoms with E-state index in [4.69, 9.17) is 19.9 Å². The number of rotatable bonds is 6. The molecule has 0 bridgehead atoms.